The summed E-state index contributed by atoms with van der Waals surface area (Å²) < 4.78 is 34.6. The second-order valence-corrected chi connectivity index (χ2v) is 5.33. The monoisotopic (exact) mass is 348 g/mol. The van der Waals surface area contributed by atoms with Gasteiger partial charge in [0.1, 0.15) is 0 Å². The Hall–Kier alpha value is -3.16. The largest absolute Gasteiger partial charge is 0.586 e. The van der Waals surface area contributed by atoms with Crippen molar-refractivity contribution in [2.24, 2.45) is 0 Å². The van der Waals surface area contributed by atoms with Crippen LogP contribution < -0.4 is 20.1 Å². The van der Waals surface area contributed by atoms with Gasteiger partial charge in [-0.25, -0.2) is 0 Å². The molecule has 0 spiro atoms. The number of alkyl halides is 2. The van der Waals surface area contributed by atoms with Crippen molar-refractivity contribution < 1.29 is 27.8 Å². The van der Waals surface area contributed by atoms with E-state index in [2.05, 4.69) is 20.1 Å². The molecule has 1 aliphatic heterocycles. The molecule has 0 unspecified atom stereocenters. The highest BCUT2D eigenvalue weighted by molar-refractivity contribution is 6.04. The Balaban J connectivity index is 1.62. The van der Waals surface area contributed by atoms with Crippen LogP contribution in [0.1, 0.15) is 17.3 Å². The zero-order chi connectivity index (χ0) is 18.0. The van der Waals surface area contributed by atoms with Gasteiger partial charge in [0.15, 0.2) is 17.3 Å². The second-order valence-electron chi connectivity index (χ2n) is 5.33. The van der Waals surface area contributed by atoms with Crippen molar-refractivity contribution in [2.45, 2.75) is 13.2 Å². The molecule has 1 aliphatic rings. The summed E-state index contributed by atoms with van der Waals surface area (Å²) in [6.45, 7) is 1.29. The number of carbonyl (C=O) groups excluding carboxylic acids is 2. The number of hydrogen-bond donors (Lipinski definition) is 2. The number of nitrogens with one attached hydrogen (secondary N) is 2. The van der Waals surface area contributed by atoms with Crippen LogP contribution in [0.4, 0.5) is 20.2 Å². The smallest absolute Gasteiger partial charge is 0.395 e. The first-order valence-electron chi connectivity index (χ1n) is 7.38. The minimum atomic E-state index is -3.69. The van der Waals surface area contributed by atoms with Crippen LogP contribution >= 0.6 is 0 Å². The number of carbonyl (C=O) groups is 2. The zero-order valence-corrected chi connectivity index (χ0v) is 13.1. The first-order chi connectivity index (χ1) is 11.8. The maximum atomic E-state index is 13.0. The summed E-state index contributed by atoms with van der Waals surface area (Å²) in [5.41, 5.74) is 1.23. The lowest BCUT2D eigenvalue weighted by molar-refractivity contribution is -0.286. The number of hydrogen-bond acceptors (Lipinski definition) is 5. The summed E-state index contributed by atoms with van der Waals surface area (Å²) in [5.74, 6) is -0.745. The summed E-state index contributed by atoms with van der Waals surface area (Å²) in [7, 11) is 0. The highest BCUT2D eigenvalue weighted by Crippen LogP contribution is 2.42. The molecule has 0 aliphatic carbocycles. The molecule has 3 rings (SSSR count). The quantitative estimate of drug-likeness (QED) is 0.811. The van der Waals surface area contributed by atoms with Gasteiger partial charge in [0, 0.05) is 17.3 Å². The van der Waals surface area contributed by atoms with Gasteiger partial charge in [-0.05, 0) is 31.2 Å². The molecule has 1 amide bonds. The maximum Gasteiger partial charge on any atom is 0.586 e. The molecule has 0 fully saturated rings. The molecule has 0 atom stereocenters. The van der Waals surface area contributed by atoms with Crippen LogP contribution in [0.15, 0.2) is 42.5 Å². The molecule has 130 valence electrons. The van der Waals surface area contributed by atoms with Crippen molar-refractivity contribution >= 4 is 23.1 Å². The minimum absolute atomic E-state index is 0.0737. The van der Waals surface area contributed by atoms with Crippen LogP contribution in [0.2, 0.25) is 0 Å². The molecule has 6 nitrogen and oxygen atoms in total. The molecular weight excluding hydrogens is 334 g/mol. The standard InChI is InChI=1S/C17H14F2N2O4/c1-10(22)12-4-2-3-5-13(12)21-16(23)9-20-11-6-7-14-15(8-11)25-17(18,19)24-14/h2-8,20H,9H2,1H3,(H,21,23). The molecule has 8 heteroatoms. The summed E-state index contributed by atoms with van der Waals surface area (Å²) in [6, 6.07) is 10.8. The van der Waals surface area contributed by atoms with Crippen molar-refractivity contribution in [3.63, 3.8) is 0 Å². The lowest BCUT2D eigenvalue weighted by Crippen LogP contribution is -2.25. The third-order valence-electron chi connectivity index (χ3n) is 3.43. The topological polar surface area (TPSA) is 76.7 Å². The van der Waals surface area contributed by atoms with Crippen LogP contribution in [0.5, 0.6) is 11.5 Å². The summed E-state index contributed by atoms with van der Waals surface area (Å²) in [5, 5.41) is 5.42. The van der Waals surface area contributed by atoms with Crippen molar-refractivity contribution in [3.8, 4) is 11.5 Å². The Kier molecular flexibility index (Phi) is 4.26. The average Bonchev–Trinajstić information content (AvgIpc) is 2.86. The molecule has 0 saturated carbocycles. The summed E-state index contributed by atoms with van der Waals surface area (Å²) in [6.07, 6.45) is -3.69. The van der Waals surface area contributed by atoms with Gasteiger partial charge < -0.3 is 20.1 Å². The van der Waals surface area contributed by atoms with Crippen LogP contribution in [-0.4, -0.2) is 24.5 Å². The summed E-state index contributed by atoms with van der Waals surface area (Å²) in [4.78, 5) is 23.6. The average molecular weight is 348 g/mol. The number of rotatable bonds is 5. The van der Waals surface area contributed by atoms with Gasteiger partial charge in [0.05, 0.1) is 12.2 Å². The van der Waals surface area contributed by atoms with Gasteiger partial charge in [-0.1, -0.05) is 12.1 Å². The minimum Gasteiger partial charge on any atom is -0.395 e. The molecule has 0 radical (unpaired) electrons. The van der Waals surface area contributed by atoms with Gasteiger partial charge >= 0.3 is 6.29 Å². The molecule has 2 aromatic carbocycles. The number of halogens is 2. The third kappa shape index (κ3) is 3.85. The number of amides is 1. The highest BCUT2D eigenvalue weighted by Gasteiger charge is 2.43. The summed E-state index contributed by atoms with van der Waals surface area (Å²) >= 11 is 0. The first-order valence-corrected chi connectivity index (χ1v) is 7.38. The van der Waals surface area contributed by atoms with E-state index in [9.17, 15) is 18.4 Å². The van der Waals surface area contributed by atoms with E-state index in [4.69, 9.17) is 0 Å². The number of ether oxygens (including phenoxy) is 2. The Morgan fingerprint density at radius 1 is 1.08 bits per heavy atom. The maximum absolute atomic E-state index is 13.0. The Labute approximate surface area is 141 Å². The Morgan fingerprint density at radius 3 is 2.56 bits per heavy atom. The van der Waals surface area contributed by atoms with Gasteiger partial charge in [-0.2, -0.15) is 0 Å². The van der Waals surface area contributed by atoms with Gasteiger partial charge in [-0.15, -0.1) is 8.78 Å². The van der Waals surface area contributed by atoms with Gasteiger partial charge in [0.2, 0.25) is 5.91 Å². The SMILES string of the molecule is CC(=O)c1ccccc1NC(=O)CNc1ccc2c(c1)OC(F)(F)O2. The predicted molar refractivity (Wildman–Crippen MR) is 86.2 cm³/mol. The lowest BCUT2D eigenvalue weighted by atomic mass is 10.1. The van der Waals surface area contributed by atoms with E-state index >= 15 is 0 Å². The molecule has 0 aromatic heterocycles. The molecule has 25 heavy (non-hydrogen) atoms. The Bertz CT molecular complexity index is 839. The highest BCUT2D eigenvalue weighted by atomic mass is 19.3. The van der Waals surface area contributed by atoms with Crippen molar-refractivity contribution in [1.82, 2.24) is 0 Å². The number of anilines is 2. The number of ketones is 1. The van der Waals surface area contributed by atoms with E-state index in [-0.39, 0.29) is 23.8 Å². The van der Waals surface area contributed by atoms with Gasteiger partial charge in [0.25, 0.3) is 0 Å². The van der Waals surface area contributed by atoms with E-state index in [1.54, 1.807) is 24.3 Å². The lowest BCUT2D eigenvalue weighted by Gasteiger charge is -2.10. The van der Waals surface area contributed by atoms with E-state index in [0.717, 1.165) is 0 Å². The fourth-order valence-corrected chi connectivity index (χ4v) is 2.33. The van der Waals surface area contributed by atoms with E-state index in [0.29, 0.717) is 16.9 Å². The normalized spacial score (nSPS) is 14.0. The fraction of sp³-hybridized carbons (Fsp3) is 0.176. The number of fused-ring (bicyclic) bond motifs is 1. The van der Waals surface area contributed by atoms with Gasteiger partial charge in [-0.3, -0.25) is 9.59 Å². The molecule has 0 saturated heterocycles. The van der Waals surface area contributed by atoms with E-state index < -0.39 is 12.2 Å². The molecule has 2 aromatic rings. The second kappa shape index (κ2) is 6.39. The fourth-order valence-electron chi connectivity index (χ4n) is 2.33. The van der Waals surface area contributed by atoms with Crippen molar-refractivity contribution in [3.05, 3.63) is 48.0 Å². The Morgan fingerprint density at radius 2 is 1.80 bits per heavy atom. The molecule has 1 heterocycles. The van der Waals surface area contributed by atoms with Crippen molar-refractivity contribution in [2.75, 3.05) is 17.2 Å². The van der Waals surface area contributed by atoms with Crippen LogP contribution in [0.3, 0.4) is 0 Å². The number of para-hydroxylation sites is 1. The number of benzene rings is 2. The van der Waals surface area contributed by atoms with Crippen molar-refractivity contribution in [1.29, 1.82) is 0 Å². The van der Waals surface area contributed by atoms with Crippen LogP contribution in [0, 0.1) is 0 Å². The van der Waals surface area contributed by atoms with E-state index in [1.807, 2.05) is 0 Å². The number of Topliss-reactive ketones (excluding diaryl/α,β-unsaturated/α-hetero) is 1. The van der Waals surface area contributed by atoms with Crippen LogP contribution in [-0.2, 0) is 4.79 Å². The third-order valence-corrected chi connectivity index (χ3v) is 3.43. The first kappa shape index (κ1) is 16.7. The molecule has 2 N–H and O–H groups in total. The van der Waals surface area contributed by atoms with E-state index in [1.165, 1.54) is 25.1 Å². The predicted octanol–water partition coefficient (Wildman–Crippen LogP) is 3.26. The zero-order valence-electron chi connectivity index (χ0n) is 13.1. The molecular formula is C17H14F2N2O4. The van der Waals surface area contributed by atoms with Crippen LogP contribution in [0.25, 0.3) is 0 Å². The molecule has 0 bridgehead atoms.